The van der Waals surface area contributed by atoms with Crippen molar-refractivity contribution in [1.29, 1.82) is 0 Å². The minimum Gasteiger partial charge on any atom is -0.289 e. The Kier molecular flexibility index (Phi) is 2.26. The lowest BCUT2D eigenvalue weighted by Gasteiger charge is -2.18. The molecule has 0 N–H and O–H groups in total. The molecule has 3 heteroatoms. The van der Waals surface area contributed by atoms with E-state index in [9.17, 15) is 9.59 Å². The molecule has 0 aromatic carbocycles. The van der Waals surface area contributed by atoms with Crippen LogP contribution in [-0.2, 0) is 0 Å². The van der Waals surface area contributed by atoms with Gasteiger partial charge in [-0.25, -0.2) is 0 Å². The Morgan fingerprint density at radius 3 is 2.19 bits per heavy atom. The third kappa shape index (κ3) is 1.32. The molecule has 0 bridgehead atoms. The Balaban J connectivity index is 2.87. The largest absolute Gasteiger partial charge is 0.289 e. The van der Waals surface area contributed by atoms with Gasteiger partial charge in [-0.1, -0.05) is 0 Å². The Bertz CT molecular complexity index is 554. The standard InChI is InChI=1S/C13H13NO2/c1-6-5-10(15)11-7(2)8(3)14-9(4)12(11)13(6)16/h5H,1-4H3. The van der Waals surface area contributed by atoms with Crippen molar-refractivity contribution in [1.82, 2.24) is 4.98 Å². The van der Waals surface area contributed by atoms with Crippen molar-refractivity contribution >= 4 is 11.6 Å². The van der Waals surface area contributed by atoms with E-state index in [4.69, 9.17) is 0 Å². The molecule has 1 aromatic heterocycles. The van der Waals surface area contributed by atoms with Crippen LogP contribution in [0.15, 0.2) is 11.6 Å². The fraction of sp³-hybridized carbons (Fsp3) is 0.308. The third-order valence-electron chi connectivity index (χ3n) is 3.04. The van der Waals surface area contributed by atoms with Crippen LogP contribution in [-0.4, -0.2) is 16.6 Å². The fourth-order valence-corrected chi connectivity index (χ4v) is 2.06. The summed E-state index contributed by atoms with van der Waals surface area (Å²) >= 11 is 0. The van der Waals surface area contributed by atoms with Gasteiger partial charge < -0.3 is 0 Å². The zero-order valence-corrected chi connectivity index (χ0v) is 9.84. The van der Waals surface area contributed by atoms with Gasteiger partial charge in [-0.15, -0.1) is 0 Å². The molecule has 0 saturated heterocycles. The summed E-state index contributed by atoms with van der Waals surface area (Å²) in [6.07, 6.45) is 1.41. The Morgan fingerprint density at radius 1 is 0.938 bits per heavy atom. The second-order valence-corrected chi connectivity index (χ2v) is 4.18. The van der Waals surface area contributed by atoms with Crippen molar-refractivity contribution in [3.8, 4) is 0 Å². The van der Waals surface area contributed by atoms with Crippen molar-refractivity contribution < 1.29 is 9.59 Å². The number of carbonyl (C=O) groups is 2. The van der Waals surface area contributed by atoms with Crippen LogP contribution in [0.3, 0.4) is 0 Å². The van der Waals surface area contributed by atoms with Crippen LogP contribution < -0.4 is 0 Å². The average molecular weight is 215 g/mol. The number of Topliss-reactive ketones (excluding diaryl/α,β-unsaturated/α-hetero) is 1. The molecule has 0 amide bonds. The van der Waals surface area contributed by atoms with Crippen molar-refractivity contribution in [3.63, 3.8) is 0 Å². The van der Waals surface area contributed by atoms with Crippen molar-refractivity contribution in [2.24, 2.45) is 0 Å². The Morgan fingerprint density at radius 2 is 1.56 bits per heavy atom. The van der Waals surface area contributed by atoms with E-state index in [-0.39, 0.29) is 11.6 Å². The molecule has 16 heavy (non-hydrogen) atoms. The molecule has 0 atom stereocenters. The molecule has 0 unspecified atom stereocenters. The predicted octanol–water partition coefficient (Wildman–Crippen LogP) is 2.33. The van der Waals surface area contributed by atoms with Crippen LogP contribution in [0.25, 0.3) is 0 Å². The number of aromatic nitrogens is 1. The lowest BCUT2D eigenvalue weighted by molar-refractivity contribution is 0.0983. The van der Waals surface area contributed by atoms with Crippen LogP contribution in [0.4, 0.5) is 0 Å². The Hall–Kier alpha value is -1.77. The predicted molar refractivity (Wildman–Crippen MR) is 60.9 cm³/mol. The van der Waals surface area contributed by atoms with E-state index in [0.29, 0.717) is 22.4 Å². The summed E-state index contributed by atoms with van der Waals surface area (Å²) in [5.41, 5.74) is 3.76. The lowest BCUT2D eigenvalue weighted by Crippen LogP contribution is -2.20. The maximum absolute atomic E-state index is 12.0. The van der Waals surface area contributed by atoms with Crippen LogP contribution in [0.1, 0.15) is 44.6 Å². The van der Waals surface area contributed by atoms with Gasteiger partial charge in [-0.3, -0.25) is 14.6 Å². The molecular formula is C13H13NO2. The molecule has 3 nitrogen and oxygen atoms in total. The summed E-state index contributed by atoms with van der Waals surface area (Å²) in [5, 5.41) is 0. The Labute approximate surface area is 94.2 Å². The monoisotopic (exact) mass is 215 g/mol. The molecule has 0 saturated carbocycles. The van der Waals surface area contributed by atoms with E-state index in [2.05, 4.69) is 4.98 Å². The lowest BCUT2D eigenvalue weighted by atomic mass is 9.86. The van der Waals surface area contributed by atoms with Crippen molar-refractivity contribution in [2.75, 3.05) is 0 Å². The second-order valence-electron chi connectivity index (χ2n) is 4.18. The summed E-state index contributed by atoms with van der Waals surface area (Å²) < 4.78 is 0. The SMILES string of the molecule is CC1=CC(=O)c2c(C)c(C)nc(C)c2C1=O. The van der Waals surface area contributed by atoms with E-state index in [1.54, 1.807) is 13.8 Å². The normalized spacial score (nSPS) is 14.9. The molecule has 0 fully saturated rings. The first kappa shape index (κ1) is 10.7. The van der Waals surface area contributed by atoms with Gasteiger partial charge in [0.15, 0.2) is 11.6 Å². The van der Waals surface area contributed by atoms with Gasteiger partial charge in [-0.2, -0.15) is 0 Å². The molecule has 82 valence electrons. The number of rotatable bonds is 0. The number of nitrogens with zero attached hydrogens (tertiary/aromatic N) is 1. The first-order valence-corrected chi connectivity index (χ1v) is 5.18. The van der Waals surface area contributed by atoms with Gasteiger partial charge in [0.25, 0.3) is 0 Å². The smallest absolute Gasteiger partial charge is 0.191 e. The highest BCUT2D eigenvalue weighted by atomic mass is 16.1. The maximum atomic E-state index is 12.0. The number of hydrogen-bond donors (Lipinski definition) is 0. The quantitative estimate of drug-likeness (QED) is 0.667. The van der Waals surface area contributed by atoms with E-state index < -0.39 is 0 Å². The molecule has 1 aromatic rings. The van der Waals surface area contributed by atoms with E-state index >= 15 is 0 Å². The molecule has 1 heterocycles. The van der Waals surface area contributed by atoms with Crippen LogP contribution >= 0.6 is 0 Å². The molecule has 0 spiro atoms. The summed E-state index contributed by atoms with van der Waals surface area (Å²) in [6, 6.07) is 0. The van der Waals surface area contributed by atoms with E-state index in [1.807, 2.05) is 13.8 Å². The number of allylic oxidation sites excluding steroid dienone is 2. The first-order valence-electron chi connectivity index (χ1n) is 5.18. The minimum absolute atomic E-state index is 0.0808. The van der Waals surface area contributed by atoms with Gasteiger partial charge in [-0.05, 0) is 39.3 Å². The van der Waals surface area contributed by atoms with E-state index in [1.165, 1.54) is 6.08 Å². The number of pyridine rings is 1. The van der Waals surface area contributed by atoms with Gasteiger partial charge in [0.1, 0.15) is 0 Å². The highest BCUT2D eigenvalue weighted by molar-refractivity contribution is 6.25. The zero-order valence-electron chi connectivity index (χ0n) is 9.84. The molecule has 2 rings (SSSR count). The topological polar surface area (TPSA) is 47.0 Å². The van der Waals surface area contributed by atoms with Gasteiger partial charge in [0, 0.05) is 22.5 Å². The van der Waals surface area contributed by atoms with Gasteiger partial charge in [0.2, 0.25) is 0 Å². The summed E-state index contributed by atoms with van der Waals surface area (Å²) in [6.45, 7) is 7.12. The number of ketones is 2. The van der Waals surface area contributed by atoms with Crippen LogP contribution in [0.5, 0.6) is 0 Å². The highest BCUT2D eigenvalue weighted by Crippen LogP contribution is 2.27. The maximum Gasteiger partial charge on any atom is 0.191 e. The number of aryl methyl sites for hydroxylation is 2. The zero-order chi connectivity index (χ0) is 12.0. The molecule has 1 aliphatic carbocycles. The number of fused-ring (bicyclic) bond motifs is 1. The first-order chi connectivity index (χ1) is 7.43. The van der Waals surface area contributed by atoms with Gasteiger partial charge in [0.05, 0.1) is 5.56 Å². The van der Waals surface area contributed by atoms with Crippen LogP contribution in [0, 0.1) is 20.8 Å². The summed E-state index contributed by atoms with van der Waals surface area (Å²) in [4.78, 5) is 28.2. The number of hydrogen-bond acceptors (Lipinski definition) is 3. The minimum atomic E-state index is -0.0850. The summed E-state index contributed by atoms with van der Waals surface area (Å²) in [7, 11) is 0. The van der Waals surface area contributed by atoms with Crippen LogP contribution in [0.2, 0.25) is 0 Å². The van der Waals surface area contributed by atoms with E-state index in [0.717, 1.165) is 11.3 Å². The average Bonchev–Trinajstić information content (AvgIpc) is 2.20. The van der Waals surface area contributed by atoms with Gasteiger partial charge >= 0.3 is 0 Å². The van der Waals surface area contributed by atoms with Crippen molar-refractivity contribution in [3.05, 3.63) is 39.7 Å². The molecular weight excluding hydrogens is 202 g/mol. The molecule has 1 aliphatic rings. The van der Waals surface area contributed by atoms with Crippen molar-refractivity contribution in [2.45, 2.75) is 27.7 Å². The third-order valence-corrected chi connectivity index (χ3v) is 3.04. The second kappa shape index (κ2) is 3.37. The number of carbonyl (C=O) groups excluding carboxylic acids is 2. The molecule has 0 aliphatic heterocycles. The highest BCUT2D eigenvalue weighted by Gasteiger charge is 2.28. The summed E-state index contributed by atoms with van der Waals surface area (Å²) in [5.74, 6) is -0.166. The fourth-order valence-electron chi connectivity index (χ4n) is 2.06. The molecule has 0 radical (unpaired) electrons.